The average molecular weight is 322 g/mol. The van der Waals surface area contributed by atoms with E-state index in [-0.39, 0.29) is 12.4 Å². The smallest absolute Gasteiger partial charge is 0.123 e. The maximum absolute atomic E-state index is 13.4. The molecule has 0 amide bonds. The number of aliphatic hydroxyl groups is 1. The number of nitrogens with zero attached hydrogens (tertiary/aromatic N) is 2. The van der Waals surface area contributed by atoms with Crippen LogP contribution in [0.1, 0.15) is 24.1 Å². The van der Waals surface area contributed by atoms with Gasteiger partial charge in [0.2, 0.25) is 0 Å². The van der Waals surface area contributed by atoms with Gasteiger partial charge in [-0.1, -0.05) is 0 Å². The third kappa shape index (κ3) is 2.43. The van der Waals surface area contributed by atoms with Crippen molar-refractivity contribution in [3.8, 4) is 22.4 Å². The van der Waals surface area contributed by atoms with Crippen molar-refractivity contribution in [2.24, 2.45) is 0 Å². The number of halogens is 1. The van der Waals surface area contributed by atoms with E-state index in [1.165, 1.54) is 17.8 Å². The number of aliphatic hydroxyl groups excluding tert-OH is 1. The van der Waals surface area contributed by atoms with Crippen LogP contribution in [0.4, 0.5) is 4.39 Å². The summed E-state index contributed by atoms with van der Waals surface area (Å²) in [6.07, 6.45) is 6.75. The molecular formula is C20H19FN2O. The van der Waals surface area contributed by atoms with E-state index in [0.717, 1.165) is 53.8 Å². The van der Waals surface area contributed by atoms with Gasteiger partial charge in [0.15, 0.2) is 0 Å². The molecule has 0 unspecified atom stereocenters. The first kappa shape index (κ1) is 15.1. The summed E-state index contributed by atoms with van der Waals surface area (Å²) in [6, 6.07) is 10.6. The van der Waals surface area contributed by atoms with Gasteiger partial charge in [-0.3, -0.25) is 4.98 Å². The average Bonchev–Trinajstić information content (AvgIpc) is 2.97. The van der Waals surface area contributed by atoms with E-state index in [1.54, 1.807) is 12.4 Å². The molecule has 1 aliphatic heterocycles. The Labute approximate surface area is 140 Å². The highest BCUT2D eigenvalue weighted by atomic mass is 19.1. The first-order chi connectivity index (χ1) is 11.8. The predicted molar refractivity (Wildman–Crippen MR) is 91.9 cm³/mol. The third-order valence-electron chi connectivity index (χ3n) is 4.77. The molecule has 0 radical (unpaired) electrons. The molecule has 1 N–H and O–H groups in total. The Kier molecular flexibility index (Phi) is 3.90. The van der Waals surface area contributed by atoms with E-state index >= 15 is 0 Å². The molecule has 0 fully saturated rings. The zero-order valence-electron chi connectivity index (χ0n) is 13.4. The Hall–Kier alpha value is -2.46. The molecule has 1 aromatic carbocycles. The summed E-state index contributed by atoms with van der Waals surface area (Å²) in [4.78, 5) is 4.10. The summed E-state index contributed by atoms with van der Waals surface area (Å²) in [6.45, 7) is 0.939. The van der Waals surface area contributed by atoms with Gasteiger partial charge in [-0.15, -0.1) is 0 Å². The van der Waals surface area contributed by atoms with Gasteiger partial charge in [-0.25, -0.2) is 4.39 Å². The molecular weight excluding hydrogens is 303 g/mol. The van der Waals surface area contributed by atoms with E-state index in [9.17, 15) is 9.50 Å². The second kappa shape index (κ2) is 6.21. The number of hydrogen-bond acceptors (Lipinski definition) is 2. The number of rotatable bonds is 3. The predicted octanol–water partition coefficient (Wildman–Crippen LogP) is 4.18. The van der Waals surface area contributed by atoms with Gasteiger partial charge in [0.25, 0.3) is 0 Å². The van der Waals surface area contributed by atoms with E-state index < -0.39 is 0 Å². The van der Waals surface area contributed by atoms with Crippen LogP contribution in [0.3, 0.4) is 0 Å². The Morgan fingerprint density at radius 1 is 1.00 bits per heavy atom. The van der Waals surface area contributed by atoms with Crippen molar-refractivity contribution in [1.82, 2.24) is 9.55 Å². The lowest BCUT2D eigenvalue weighted by atomic mass is 9.97. The molecule has 0 spiro atoms. The lowest BCUT2D eigenvalue weighted by Crippen LogP contribution is -2.12. The Bertz CT molecular complexity index is 854. The molecule has 1 aliphatic rings. The van der Waals surface area contributed by atoms with Crippen LogP contribution in [0.25, 0.3) is 22.4 Å². The summed E-state index contributed by atoms with van der Waals surface area (Å²) in [7, 11) is 0. The molecule has 0 saturated carbocycles. The largest absolute Gasteiger partial charge is 0.392 e. The summed E-state index contributed by atoms with van der Waals surface area (Å²) < 4.78 is 15.7. The van der Waals surface area contributed by atoms with E-state index in [4.69, 9.17) is 0 Å². The monoisotopic (exact) mass is 322 g/mol. The minimum atomic E-state index is -0.239. The van der Waals surface area contributed by atoms with Crippen molar-refractivity contribution >= 4 is 0 Å². The second-order valence-corrected chi connectivity index (χ2v) is 6.16. The van der Waals surface area contributed by atoms with Crippen LogP contribution >= 0.6 is 0 Å². The number of aromatic nitrogens is 2. The lowest BCUT2D eigenvalue weighted by molar-refractivity contribution is 0.280. The molecule has 2 aromatic heterocycles. The fourth-order valence-electron chi connectivity index (χ4n) is 3.72. The van der Waals surface area contributed by atoms with Crippen molar-refractivity contribution in [2.75, 3.05) is 0 Å². The van der Waals surface area contributed by atoms with Gasteiger partial charge in [-0.2, -0.15) is 0 Å². The molecule has 0 saturated heterocycles. The van der Waals surface area contributed by atoms with Gasteiger partial charge >= 0.3 is 0 Å². The number of hydrogen-bond donors (Lipinski definition) is 1. The second-order valence-electron chi connectivity index (χ2n) is 6.16. The molecule has 4 rings (SSSR count). The minimum Gasteiger partial charge on any atom is -0.392 e. The van der Waals surface area contributed by atoms with Crippen molar-refractivity contribution in [2.45, 2.75) is 32.4 Å². The van der Waals surface area contributed by atoms with E-state index in [0.29, 0.717) is 0 Å². The molecule has 0 aliphatic carbocycles. The highest BCUT2D eigenvalue weighted by Crippen LogP contribution is 2.41. The van der Waals surface area contributed by atoms with Crippen LogP contribution in [0, 0.1) is 5.82 Å². The van der Waals surface area contributed by atoms with Gasteiger partial charge in [0.1, 0.15) is 5.82 Å². The Balaban J connectivity index is 2.03. The fraction of sp³-hybridized carbons (Fsp3) is 0.250. The minimum absolute atomic E-state index is 0.00812. The number of pyridine rings is 1. The maximum atomic E-state index is 13.4. The van der Waals surface area contributed by atoms with Crippen LogP contribution < -0.4 is 0 Å². The number of benzene rings is 1. The molecule has 122 valence electrons. The summed E-state index contributed by atoms with van der Waals surface area (Å²) in [5, 5.41) is 10.1. The topological polar surface area (TPSA) is 38.1 Å². The zero-order valence-corrected chi connectivity index (χ0v) is 13.4. The highest BCUT2D eigenvalue weighted by Gasteiger charge is 2.25. The molecule has 4 heteroatoms. The van der Waals surface area contributed by atoms with Gasteiger partial charge in [0, 0.05) is 35.8 Å². The van der Waals surface area contributed by atoms with Crippen molar-refractivity contribution in [3.63, 3.8) is 0 Å². The van der Waals surface area contributed by atoms with Crippen LogP contribution in [0.15, 0.2) is 48.8 Å². The molecule has 0 bridgehead atoms. The normalized spacial score (nSPS) is 13.8. The van der Waals surface area contributed by atoms with Gasteiger partial charge in [-0.05, 0) is 66.8 Å². The SMILES string of the molecule is OCc1c(-c2ccncc2)c(-c2ccc(F)cc2)n2c1CCCC2. The number of fused-ring (bicyclic) bond motifs is 1. The lowest BCUT2D eigenvalue weighted by Gasteiger charge is -2.19. The van der Waals surface area contributed by atoms with Gasteiger partial charge in [0.05, 0.1) is 12.3 Å². The highest BCUT2D eigenvalue weighted by molar-refractivity contribution is 5.85. The van der Waals surface area contributed by atoms with E-state index in [2.05, 4.69) is 9.55 Å². The molecule has 3 aromatic rings. The Morgan fingerprint density at radius 3 is 2.46 bits per heavy atom. The first-order valence-electron chi connectivity index (χ1n) is 8.31. The Morgan fingerprint density at radius 2 is 1.75 bits per heavy atom. The third-order valence-corrected chi connectivity index (χ3v) is 4.77. The van der Waals surface area contributed by atoms with E-state index in [1.807, 2.05) is 24.3 Å². The van der Waals surface area contributed by atoms with Crippen LogP contribution in [0.5, 0.6) is 0 Å². The zero-order chi connectivity index (χ0) is 16.5. The summed E-state index contributed by atoms with van der Waals surface area (Å²) in [5.74, 6) is -0.239. The van der Waals surface area contributed by atoms with Crippen molar-refractivity contribution in [1.29, 1.82) is 0 Å². The van der Waals surface area contributed by atoms with Crippen LogP contribution in [-0.2, 0) is 19.6 Å². The fourth-order valence-corrected chi connectivity index (χ4v) is 3.72. The van der Waals surface area contributed by atoms with Crippen LogP contribution in [-0.4, -0.2) is 14.7 Å². The summed E-state index contributed by atoms with van der Waals surface area (Å²) >= 11 is 0. The molecule has 3 nitrogen and oxygen atoms in total. The standard InChI is InChI=1S/C20H19FN2O/c21-16-6-4-15(5-7-16)20-19(14-8-10-22-11-9-14)17(13-24)18-3-1-2-12-23(18)20/h4-11,24H,1-3,12-13H2. The van der Waals surface area contributed by atoms with Gasteiger partial charge < -0.3 is 9.67 Å². The first-order valence-corrected chi connectivity index (χ1v) is 8.31. The van der Waals surface area contributed by atoms with Crippen LogP contribution in [0.2, 0.25) is 0 Å². The van der Waals surface area contributed by atoms with Crippen molar-refractivity contribution in [3.05, 3.63) is 65.9 Å². The summed E-state index contributed by atoms with van der Waals surface area (Å²) in [5.41, 5.74) is 6.32. The maximum Gasteiger partial charge on any atom is 0.123 e. The van der Waals surface area contributed by atoms with Crippen molar-refractivity contribution < 1.29 is 9.50 Å². The quantitative estimate of drug-likeness (QED) is 0.785. The molecule has 3 heterocycles. The molecule has 0 atom stereocenters. The molecule has 24 heavy (non-hydrogen) atoms.